The van der Waals surface area contributed by atoms with Gasteiger partial charge in [-0.25, -0.2) is 0 Å². The van der Waals surface area contributed by atoms with Crippen LogP contribution in [0.15, 0.2) is 29.3 Å². The molecule has 5 nitrogen and oxygen atoms in total. The van der Waals surface area contributed by atoms with Gasteiger partial charge in [0, 0.05) is 43.7 Å². The van der Waals surface area contributed by atoms with Crippen molar-refractivity contribution in [2.24, 2.45) is 4.99 Å². The normalized spacial score (nSPS) is 24.8. The second-order valence-electron chi connectivity index (χ2n) is 7.70. The van der Waals surface area contributed by atoms with Crippen LogP contribution in [0.4, 0.5) is 0 Å². The number of benzene rings is 1. The minimum Gasteiger partial charge on any atom is -0.375 e. The maximum absolute atomic E-state index is 6.16. The maximum Gasteiger partial charge on any atom is 0.193 e. The highest BCUT2D eigenvalue weighted by Gasteiger charge is 2.32. The van der Waals surface area contributed by atoms with Crippen molar-refractivity contribution in [3.8, 4) is 0 Å². The molecule has 2 aliphatic heterocycles. The molecule has 0 radical (unpaired) electrons. The van der Waals surface area contributed by atoms with E-state index < -0.39 is 0 Å². The molecule has 0 aromatic heterocycles. The number of hydrogen-bond acceptors (Lipinski definition) is 3. The van der Waals surface area contributed by atoms with Gasteiger partial charge in [0.1, 0.15) is 6.10 Å². The van der Waals surface area contributed by atoms with Gasteiger partial charge in [0.05, 0.1) is 12.7 Å². The molecule has 2 saturated heterocycles. The quantitative estimate of drug-likeness (QED) is 0.645. The van der Waals surface area contributed by atoms with Crippen molar-refractivity contribution in [1.82, 2.24) is 10.2 Å². The number of nitrogens with zero attached hydrogens (tertiary/aromatic N) is 2. The molecule has 1 N–H and O–H groups in total. The molecule has 2 aliphatic rings. The van der Waals surface area contributed by atoms with Crippen molar-refractivity contribution in [3.63, 3.8) is 0 Å². The fourth-order valence-corrected chi connectivity index (χ4v) is 3.82. The van der Waals surface area contributed by atoms with Crippen LogP contribution in [0.25, 0.3) is 0 Å². The van der Waals surface area contributed by atoms with Gasteiger partial charge < -0.3 is 19.7 Å². The molecular formula is C20H30ClN3O2. The zero-order valence-electron chi connectivity index (χ0n) is 16.0. The Bertz CT molecular complexity index is 629. The third kappa shape index (κ3) is 4.70. The summed E-state index contributed by atoms with van der Waals surface area (Å²) in [6.45, 7) is 8.44. The van der Waals surface area contributed by atoms with E-state index in [0.29, 0.717) is 6.61 Å². The number of rotatable bonds is 4. The summed E-state index contributed by atoms with van der Waals surface area (Å²) in [4.78, 5) is 6.78. The SMILES string of the molecule is CN=C(NCC(C)(C)c1cccc(Cl)c1)N1CCOC(C2CCCO2)C1. The molecule has 3 rings (SSSR count). The molecule has 0 amide bonds. The summed E-state index contributed by atoms with van der Waals surface area (Å²) in [6, 6.07) is 8.07. The maximum atomic E-state index is 6.16. The lowest BCUT2D eigenvalue weighted by Crippen LogP contribution is -2.54. The molecule has 2 atom stereocenters. The molecular weight excluding hydrogens is 350 g/mol. The van der Waals surface area contributed by atoms with Gasteiger partial charge >= 0.3 is 0 Å². The smallest absolute Gasteiger partial charge is 0.193 e. The van der Waals surface area contributed by atoms with Crippen molar-refractivity contribution in [2.75, 3.05) is 39.9 Å². The van der Waals surface area contributed by atoms with E-state index in [1.165, 1.54) is 5.56 Å². The zero-order chi connectivity index (χ0) is 18.6. The third-order valence-corrected chi connectivity index (χ3v) is 5.51. The van der Waals surface area contributed by atoms with Gasteiger partial charge in [-0.1, -0.05) is 37.6 Å². The van der Waals surface area contributed by atoms with E-state index in [9.17, 15) is 0 Å². The van der Waals surface area contributed by atoms with Gasteiger partial charge in [0.2, 0.25) is 0 Å². The molecule has 144 valence electrons. The summed E-state index contributed by atoms with van der Waals surface area (Å²) in [6.07, 6.45) is 2.57. The molecule has 0 bridgehead atoms. The highest BCUT2D eigenvalue weighted by Crippen LogP contribution is 2.25. The number of aliphatic imine (C=N–C) groups is 1. The second-order valence-corrected chi connectivity index (χ2v) is 8.14. The number of ether oxygens (including phenoxy) is 2. The largest absolute Gasteiger partial charge is 0.375 e. The lowest BCUT2D eigenvalue weighted by Gasteiger charge is -2.38. The summed E-state index contributed by atoms with van der Waals surface area (Å²) in [5.74, 6) is 0.923. The van der Waals surface area contributed by atoms with Crippen LogP contribution in [0, 0.1) is 0 Å². The van der Waals surface area contributed by atoms with Crippen molar-refractivity contribution in [1.29, 1.82) is 0 Å². The van der Waals surface area contributed by atoms with E-state index in [-0.39, 0.29) is 17.6 Å². The number of hydrogen-bond donors (Lipinski definition) is 1. The lowest BCUT2D eigenvalue weighted by atomic mass is 9.84. The van der Waals surface area contributed by atoms with Crippen molar-refractivity contribution in [3.05, 3.63) is 34.9 Å². The average molecular weight is 380 g/mol. The van der Waals surface area contributed by atoms with Gasteiger partial charge in [-0.15, -0.1) is 0 Å². The summed E-state index contributed by atoms with van der Waals surface area (Å²) in [7, 11) is 1.84. The number of guanidine groups is 1. The van der Waals surface area contributed by atoms with Crippen LogP contribution >= 0.6 is 11.6 Å². The first-order chi connectivity index (χ1) is 12.5. The molecule has 0 spiro atoms. The number of morpholine rings is 1. The topological polar surface area (TPSA) is 46.1 Å². The average Bonchev–Trinajstić information content (AvgIpc) is 3.17. The molecule has 1 aromatic rings. The first kappa shape index (κ1) is 19.5. The summed E-state index contributed by atoms with van der Waals surface area (Å²) >= 11 is 6.16. The summed E-state index contributed by atoms with van der Waals surface area (Å²) in [5.41, 5.74) is 1.16. The van der Waals surface area contributed by atoms with Gasteiger partial charge in [0.15, 0.2) is 5.96 Å². The molecule has 0 aliphatic carbocycles. The number of nitrogens with one attached hydrogen (secondary N) is 1. The standard InChI is InChI=1S/C20H30ClN3O2/c1-20(2,15-6-4-7-16(21)12-15)14-23-19(22-3)24-9-11-26-18(13-24)17-8-5-10-25-17/h4,6-7,12,17-18H,5,8-11,13-14H2,1-3H3,(H,22,23). The Hall–Kier alpha value is -1.30. The van der Waals surface area contributed by atoms with Gasteiger partial charge in [-0.2, -0.15) is 0 Å². The Balaban J connectivity index is 1.60. The highest BCUT2D eigenvalue weighted by atomic mass is 35.5. The van der Waals surface area contributed by atoms with E-state index in [1.807, 2.05) is 25.2 Å². The summed E-state index contributed by atoms with van der Waals surface area (Å²) in [5, 5.41) is 4.32. The predicted molar refractivity (Wildman–Crippen MR) is 106 cm³/mol. The van der Waals surface area contributed by atoms with Crippen molar-refractivity contribution < 1.29 is 9.47 Å². The molecule has 6 heteroatoms. The van der Waals surface area contributed by atoms with Crippen LogP contribution in [0.1, 0.15) is 32.3 Å². The van der Waals surface area contributed by atoms with E-state index in [0.717, 1.165) is 50.1 Å². The van der Waals surface area contributed by atoms with E-state index in [2.05, 4.69) is 35.1 Å². The monoisotopic (exact) mass is 379 g/mol. The van der Waals surface area contributed by atoms with Crippen LogP contribution in [0.5, 0.6) is 0 Å². The van der Waals surface area contributed by atoms with E-state index >= 15 is 0 Å². The minimum atomic E-state index is -0.0545. The molecule has 2 heterocycles. The first-order valence-electron chi connectivity index (χ1n) is 9.44. The predicted octanol–water partition coefficient (Wildman–Crippen LogP) is 3.07. The van der Waals surface area contributed by atoms with Crippen LogP contribution in [-0.2, 0) is 14.9 Å². The summed E-state index contributed by atoms with van der Waals surface area (Å²) < 4.78 is 11.8. The molecule has 2 unspecified atom stereocenters. The fourth-order valence-electron chi connectivity index (χ4n) is 3.63. The van der Waals surface area contributed by atoms with Gasteiger partial charge in [-0.05, 0) is 30.5 Å². The Labute approximate surface area is 161 Å². The number of halogens is 1. The van der Waals surface area contributed by atoms with Crippen LogP contribution in [0.3, 0.4) is 0 Å². The fraction of sp³-hybridized carbons (Fsp3) is 0.650. The zero-order valence-corrected chi connectivity index (χ0v) is 16.8. The molecule has 26 heavy (non-hydrogen) atoms. The Morgan fingerprint density at radius 3 is 2.81 bits per heavy atom. The Morgan fingerprint density at radius 1 is 1.31 bits per heavy atom. The van der Waals surface area contributed by atoms with Crippen LogP contribution in [0.2, 0.25) is 5.02 Å². The molecule has 2 fully saturated rings. The molecule has 1 aromatic carbocycles. The van der Waals surface area contributed by atoms with Gasteiger partial charge in [0.25, 0.3) is 0 Å². The van der Waals surface area contributed by atoms with Crippen LogP contribution < -0.4 is 5.32 Å². The molecule has 0 saturated carbocycles. The Morgan fingerprint density at radius 2 is 2.12 bits per heavy atom. The van der Waals surface area contributed by atoms with Crippen molar-refractivity contribution in [2.45, 2.75) is 44.3 Å². The Kier molecular flexibility index (Phi) is 6.43. The minimum absolute atomic E-state index is 0.0545. The highest BCUT2D eigenvalue weighted by molar-refractivity contribution is 6.30. The lowest BCUT2D eigenvalue weighted by molar-refractivity contribution is -0.0817. The van der Waals surface area contributed by atoms with E-state index in [4.69, 9.17) is 21.1 Å². The second kappa shape index (κ2) is 8.59. The van der Waals surface area contributed by atoms with Crippen LogP contribution in [-0.4, -0.2) is 63.0 Å². The van der Waals surface area contributed by atoms with Gasteiger partial charge in [-0.3, -0.25) is 4.99 Å². The first-order valence-corrected chi connectivity index (χ1v) is 9.82. The van der Waals surface area contributed by atoms with E-state index in [1.54, 1.807) is 0 Å². The van der Waals surface area contributed by atoms with Crippen molar-refractivity contribution >= 4 is 17.6 Å². The third-order valence-electron chi connectivity index (χ3n) is 5.28.